The summed E-state index contributed by atoms with van der Waals surface area (Å²) in [6.45, 7) is 0. The number of fused-ring (bicyclic) bond motifs is 1. The molecule has 0 fully saturated rings. The molecule has 4 nitrogen and oxygen atoms in total. The van der Waals surface area contributed by atoms with E-state index >= 15 is 0 Å². The lowest BCUT2D eigenvalue weighted by molar-refractivity contribution is 0.413. The fraction of sp³-hybridized carbons (Fsp3) is 0.111. The molecule has 0 aliphatic carbocycles. The number of hydrogen-bond acceptors (Lipinski definition) is 3. The Bertz CT molecular complexity index is 1070. The maximum atomic E-state index is 11.4. The molecular weight excluding hydrogens is 517 g/mol. The summed E-state index contributed by atoms with van der Waals surface area (Å²) in [6, 6.07) is 15.6. The second-order valence-corrected chi connectivity index (χ2v) is 9.47. The molecule has 0 aliphatic heterocycles. The van der Waals surface area contributed by atoms with Gasteiger partial charge in [0.25, 0.3) is 0 Å². The molecule has 3 rings (SSSR count). The molecule has 1 N–H and O–H groups in total. The highest BCUT2D eigenvalue weighted by atomic mass is 127. The second kappa shape index (κ2) is 7.13. The van der Waals surface area contributed by atoms with Gasteiger partial charge >= 0.3 is 0 Å². The SMILES string of the molecule is COc1c(Br)cc(I)cc1-c1ccc2cc(NS(C)(=O)=O)ccc2c1. The Morgan fingerprint density at radius 1 is 1.04 bits per heavy atom. The van der Waals surface area contributed by atoms with E-state index in [-0.39, 0.29) is 0 Å². The molecule has 0 radical (unpaired) electrons. The minimum atomic E-state index is -3.29. The van der Waals surface area contributed by atoms with E-state index in [2.05, 4.69) is 55.4 Å². The summed E-state index contributed by atoms with van der Waals surface area (Å²) in [4.78, 5) is 0. The molecule has 3 aromatic carbocycles. The van der Waals surface area contributed by atoms with Crippen LogP contribution in [0.1, 0.15) is 0 Å². The summed E-state index contributed by atoms with van der Waals surface area (Å²) in [7, 11) is -1.63. The minimum absolute atomic E-state index is 0.553. The van der Waals surface area contributed by atoms with Crippen LogP contribution in [0, 0.1) is 3.57 Å². The molecule has 25 heavy (non-hydrogen) atoms. The summed E-state index contributed by atoms with van der Waals surface area (Å²) < 4.78 is 32.8. The first-order valence-electron chi connectivity index (χ1n) is 7.32. The van der Waals surface area contributed by atoms with Gasteiger partial charge in [0.1, 0.15) is 5.75 Å². The van der Waals surface area contributed by atoms with Crippen LogP contribution in [0.2, 0.25) is 0 Å². The molecule has 7 heteroatoms. The third-order valence-corrected chi connectivity index (χ3v) is 5.49. The number of benzene rings is 3. The number of hydrogen-bond donors (Lipinski definition) is 1. The average Bonchev–Trinajstić information content (AvgIpc) is 2.52. The largest absolute Gasteiger partial charge is 0.495 e. The molecule has 0 spiro atoms. The molecule has 3 aromatic rings. The highest BCUT2D eigenvalue weighted by Crippen LogP contribution is 2.39. The molecule has 0 bridgehead atoms. The van der Waals surface area contributed by atoms with Crippen LogP contribution < -0.4 is 9.46 Å². The zero-order chi connectivity index (χ0) is 18.2. The van der Waals surface area contributed by atoms with Gasteiger partial charge in [0.15, 0.2) is 0 Å². The van der Waals surface area contributed by atoms with Crippen molar-refractivity contribution in [1.82, 2.24) is 0 Å². The predicted molar refractivity (Wildman–Crippen MR) is 115 cm³/mol. The smallest absolute Gasteiger partial charge is 0.229 e. The van der Waals surface area contributed by atoms with Crippen LogP contribution in [0.25, 0.3) is 21.9 Å². The standard InChI is InChI=1S/C18H15BrINO3S/c1-24-18-16(9-14(20)10-17(18)19)13-4-3-12-8-15(21-25(2,22)23)6-5-11(12)7-13/h3-10,21H,1-2H3. The Hall–Kier alpha value is -1.32. The quantitative estimate of drug-likeness (QED) is 0.467. The number of halogens is 2. The van der Waals surface area contributed by atoms with Gasteiger partial charge in [0.2, 0.25) is 10.0 Å². The van der Waals surface area contributed by atoms with Gasteiger partial charge in [-0.25, -0.2) is 8.42 Å². The third kappa shape index (κ3) is 4.27. The van der Waals surface area contributed by atoms with Crippen molar-refractivity contribution in [1.29, 1.82) is 0 Å². The Kier molecular flexibility index (Phi) is 5.26. The molecule has 0 saturated carbocycles. The van der Waals surface area contributed by atoms with Crippen LogP contribution in [0.4, 0.5) is 5.69 Å². The summed E-state index contributed by atoms with van der Waals surface area (Å²) in [5.41, 5.74) is 2.59. The van der Waals surface area contributed by atoms with Crippen LogP contribution in [0.3, 0.4) is 0 Å². The first-order chi connectivity index (χ1) is 11.8. The van der Waals surface area contributed by atoms with Crippen molar-refractivity contribution >= 4 is 65.0 Å². The molecule has 130 valence electrons. The van der Waals surface area contributed by atoms with Crippen molar-refractivity contribution in [2.75, 3.05) is 18.1 Å². The van der Waals surface area contributed by atoms with Crippen molar-refractivity contribution in [2.45, 2.75) is 0 Å². The Morgan fingerprint density at radius 3 is 2.40 bits per heavy atom. The molecule has 0 atom stereocenters. The van der Waals surface area contributed by atoms with E-state index < -0.39 is 10.0 Å². The predicted octanol–water partition coefficient (Wildman–Crippen LogP) is 5.25. The lowest BCUT2D eigenvalue weighted by Crippen LogP contribution is -2.09. The zero-order valence-corrected chi connectivity index (χ0v) is 18.1. The van der Waals surface area contributed by atoms with E-state index in [0.29, 0.717) is 5.69 Å². The summed E-state index contributed by atoms with van der Waals surface area (Å²) in [5, 5.41) is 1.98. The van der Waals surface area contributed by atoms with Crippen molar-refractivity contribution < 1.29 is 13.2 Å². The molecule has 0 amide bonds. The van der Waals surface area contributed by atoms with Crippen LogP contribution in [-0.4, -0.2) is 21.8 Å². The number of ether oxygens (including phenoxy) is 1. The Labute approximate surface area is 168 Å². The molecule has 0 heterocycles. The first-order valence-corrected chi connectivity index (χ1v) is 11.1. The zero-order valence-electron chi connectivity index (χ0n) is 13.5. The van der Waals surface area contributed by atoms with Crippen LogP contribution in [0.5, 0.6) is 5.75 Å². The fourth-order valence-corrected chi connectivity index (χ4v) is 4.90. The van der Waals surface area contributed by atoms with E-state index in [4.69, 9.17) is 4.74 Å². The van der Waals surface area contributed by atoms with Crippen molar-refractivity contribution in [3.63, 3.8) is 0 Å². The summed E-state index contributed by atoms with van der Waals surface area (Å²) in [5.74, 6) is 0.787. The second-order valence-electron chi connectivity index (χ2n) is 5.62. The summed E-state index contributed by atoms with van der Waals surface area (Å²) in [6.07, 6.45) is 1.14. The highest BCUT2D eigenvalue weighted by Gasteiger charge is 2.12. The van der Waals surface area contributed by atoms with E-state index in [9.17, 15) is 8.42 Å². The van der Waals surface area contributed by atoms with E-state index in [1.165, 1.54) is 0 Å². The van der Waals surface area contributed by atoms with Gasteiger partial charge in [0.05, 0.1) is 17.8 Å². The number of nitrogens with one attached hydrogen (secondary N) is 1. The lowest BCUT2D eigenvalue weighted by Gasteiger charge is -2.13. The molecule has 0 aromatic heterocycles. The van der Waals surface area contributed by atoms with Gasteiger partial charge in [-0.2, -0.15) is 0 Å². The van der Waals surface area contributed by atoms with E-state index in [1.54, 1.807) is 13.2 Å². The minimum Gasteiger partial charge on any atom is -0.495 e. The summed E-state index contributed by atoms with van der Waals surface area (Å²) >= 11 is 5.82. The number of rotatable bonds is 4. The highest BCUT2D eigenvalue weighted by molar-refractivity contribution is 14.1. The van der Waals surface area contributed by atoms with Crippen LogP contribution >= 0.6 is 38.5 Å². The number of methoxy groups -OCH3 is 1. The normalized spacial score (nSPS) is 11.5. The van der Waals surface area contributed by atoms with Gasteiger partial charge in [-0.05, 0) is 85.2 Å². The fourth-order valence-electron chi connectivity index (χ4n) is 2.67. The Morgan fingerprint density at radius 2 is 1.72 bits per heavy atom. The van der Waals surface area contributed by atoms with E-state index in [0.717, 1.165) is 41.9 Å². The van der Waals surface area contributed by atoms with E-state index in [1.807, 2.05) is 30.3 Å². The maximum Gasteiger partial charge on any atom is 0.229 e. The van der Waals surface area contributed by atoms with Gasteiger partial charge < -0.3 is 4.74 Å². The average molecular weight is 532 g/mol. The molecular formula is C18H15BrINO3S. The van der Waals surface area contributed by atoms with Crippen LogP contribution in [-0.2, 0) is 10.0 Å². The van der Waals surface area contributed by atoms with Gasteiger partial charge in [-0.15, -0.1) is 0 Å². The molecule has 0 aliphatic rings. The third-order valence-electron chi connectivity index (χ3n) is 3.67. The number of anilines is 1. The molecule has 0 unspecified atom stereocenters. The van der Waals surface area contributed by atoms with Gasteiger partial charge in [-0.1, -0.05) is 18.2 Å². The first kappa shape index (κ1) is 18.5. The van der Waals surface area contributed by atoms with Crippen molar-refractivity contribution in [2.24, 2.45) is 0 Å². The molecule has 0 saturated heterocycles. The van der Waals surface area contributed by atoms with Gasteiger partial charge in [-0.3, -0.25) is 4.72 Å². The van der Waals surface area contributed by atoms with Crippen LogP contribution in [0.15, 0.2) is 53.0 Å². The maximum absolute atomic E-state index is 11.4. The van der Waals surface area contributed by atoms with Crippen molar-refractivity contribution in [3.05, 3.63) is 56.6 Å². The lowest BCUT2D eigenvalue weighted by atomic mass is 10.0. The van der Waals surface area contributed by atoms with Gasteiger partial charge in [0, 0.05) is 14.8 Å². The Balaban J connectivity index is 2.10. The monoisotopic (exact) mass is 531 g/mol. The number of sulfonamides is 1. The topological polar surface area (TPSA) is 55.4 Å². The van der Waals surface area contributed by atoms with Crippen molar-refractivity contribution in [3.8, 4) is 16.9 Å².